The summed E-state index contributed by atoms with van der Waals surface area (Å²) in [6.07, 6.45) is 0.701. The molecule has 0 spiro atoms. The quantitative estimate of drug-likeness (QED) is 0.289. The molecule has 2 aromatic carbocycles. The van der Waals surface area contributed by atoms with Gasteiger partial charge in [-0.2, -0.15) is 0 Å². The molecule has 2 heterocycles. The number of carbonyl (C=O) groups is 1. The van der Waals surface area contributed by atoms with Gasteiger partial charge in [0.05, 0.1) is 18.8 Å². The molecule has 1 saturated heterocycles. The molecule has 1 aliphatic rings. The zero-order valence-corrected chi connectivity index (χ0v) is 20.9. The molecular formula is C25H27N3O5S2. The number of benzene rings is 2. The van der Waals surface area contributed by atoms with Crippen LogP contribution in [0.3, 0.4) is 0 Å². The van der Waals surface area contributed by atoms with Gasteiger partial charge in [0.2, 0.25) is 0 Å². The van der Waals surface area contributed by atoms with Crippen LogP contribution >= 0.6 is 23.1 Å². The normalized spacial score (nSPS) is 19.8. The number of ether oxygens (including phenoxy) is 3. The Kier molecular flexibility index (Phi) is 8.89. The molecule has 184 valence electrons. The van der Waals surface area contributed by atoms with Crippen molar-refractivity contribution in [3.8, 4) is 0 Å². The SMILES string of the molecule is C=CCOC(=O)Nc1cccc(C2OC(CSc3nnc(C)s3)CC(c3ccc(CO)cc3)O2)c1. The zero-order valence-electron chi connectivity index (χ0n) is 19.3. The smallest absolute Gasteiger partial charge is 0.411 e. The number of rotatable bonds is 9. The van der Waals surface area contributed by atoms with Crippen LogP contribution in [0.25, 0.3) is 0 Å². The second kappa shape index (κ2) is 12.3. The van der Waals surface area contributed by atoms with Gasteiger partial charge in [-0.3, -0.25) is 5.32 Å². The van der Waals surface area contributed by atoms with Gasteiger partial charge in [0, 0.05) is 23.4 Å². The van der Waals surface area contributed by atoms with E-state index in [1.54, 1.807) is 29.2 Å². The molecule has 35 heavy (non-hydrogen) atoms. The Bertz CT molecular complexity index is 1140. The Labute approximate surface area is 212 Å². The average Bonchev–Trinajstić information content (AvgIpc) is 3.31. The van der Waals surface area contributed by atoms with Gasteiger partial charge in [0.15, 0.2) is 10.6 Å². The topological polar surface area (TPSA) is 103 Å². The lowest BCUT2D eigenvalue weighted by Crippen LogP contribution is -2.31. The Hall–Kier alpha value is -2.76. The van der Waals surface area contributed by atoms with Gasteiger partial charge in [0.1, 0.15) is 11.6 Å². The number of anilines is 1. The van der Waals surface area contributed by atoms with E-state index in [1.165, 1.54) is 6.08 Å². The summed E-state index contributed by atoms with van der Waals surface area (Å²) in [6.45, 7) is 5.60. The van der Waals surface area contributed by atoms with Crippen LogP contribution in [0.4, 0.5) is 10.5 Å². The summed E-state index contributed by atoms with van der Waals surface area (Å²) < 4.78 is 18.6. The number of hydrogen-bond acceptors (Lipinski definition) is 9. The summed E-state index contributed by atoms with van der Waals surface area (Å²) in [6, 6.07) is 15.1. The highest BCUT2D eigenvalue weighted by Gasteiger charge is 2.32. The maximum atomic E-state index is 11.9. The Morgan fingerprint density at radius 2 is 2.09 bits per heavy atom. The first-order chi connectivity index (χ1) is 17.0. The molecule has 0 saturated carbocycles. The molecule has 1 aromatic heterocycles. The first kappa shape index (κ1) is 25.3. The van der Waals surface area contributed by atoms with Gasteiger partial charge in [-0.05, 0) is 30.2 Å². The molecule has 3 atom stereocenters. The van der Waals surface area contributed by atoms with Crippen molar-refractivity contribution in [3.63, 3.8) is 0 Å². The van der Waals surface area contributed by atoms with E-state index in [-0.39, 0.29) is 25.4 Å². The van der Waals surface area contributed by atoms with Crippen molar-refractivity contribution in [2.75, 3.05) is 17.7 Å². The number of aliphatic hydroxyl groups excluding tert-OH is 1. The van der Waals surface area contributed by atoms with Gasteiger partial charge in [-0.1, -0.05) is 72.2 Å². The lowest BCUT2D eigenvalue weighted by atomic mass is 10.0. The molecule has 2 N–H and O–H groups in total. The molecular weight excluding hydrogens is 486 g/mol. The first-order valence-corrected chi connectivity index (χ1v) is 12.9. The van der Waals surface area contributed by atoms with E-state index < -0.39 is 12.4 Å². The number of nitrogens with zero attached hydrogens (tertiary/aromatic N) is 2. The number of amides is 1. The Morgan fingerprint density at radius 1 is 1.26 bits per heavy atom. The number of nitrogens with one attached hydrogen (secondary N) is 1. The lowest BCUT2D eigenvalue weighted by molar-refractivity contribution is -0.245. The van der Waals surface area contributed by atoms with Crippen molar-refractivity contribution in [3.05, 3.63) is 82.9 Å². The first-order valence-electron chi connectivity index (χ1n) is 11.1. The highest BCUT2D eigenvalue weighted by atomic mass is 32.2. The molecule has 1 aliphatic heterocycles. The average molecular weight is 514 g/mol. The van der Waals surface area contributed by atoms with Crippen molar-refractivity contribution in [1.29, 1.82) is 0 Å². The minimum Gasteiger partial charge on any atom is -0.445 e. The number of aliphatic hydroxyl groups is 1. The van der Waals surface area contributed by atoms with Gasteiger partial charge in [-0.15, -0.1) is 10.2 Å². The summed E-state index contributed by atoms with van der Waals surface area (Å²) in [4.78, 5) is 11.9. The maximum Gasteiger partial charge on any atom is 0.411 e. The molecule has 0 bridgehead atoms. The zero-order chi connectivity index (χ0) is 24.6. The van der Waals surface area contributed by atoms with Crippen molar-refractivity contribution >= 4 is 34.9 Å². The highest BCUT2D eigenvalue weighted by Crippen LogP contribution is 2.40. The Balaban J connectivity index is 1.51. The van der Waals surface area contributed by atoms with Crippen LogP contribution in [0.5, 0.6) is 0 Å². The van der Waals surface area contributed by atoms with Crippen LogP contribution in [-0.4, -0.2) is 39.9 Å². The molecule has 10 heteroatoms. The summed E-state index contributed by atoms with van der Waals surface area (Å²) in [5.41, 5.74) is 3.22. The van der Waals surface area contributed by atoms with Gasteiger partial charge in [0.25, 0.3) is 0 Å². The minimum atomic E-state index is -0.626. The molecule has 1 amide bonds. The van der Waals surface area contributed by atoms with E-state index in [0.717, 1.165) is 26.0 Å². The fourth-order valence-electron chi connectivity index (χ4n) is 3.58. The van der Waals surface area contributed by atoms with Crippen LogP contribution in [0.2, 0.25) is 0 Å². The van der Waals surface area contributed by atoms with Gasteiger partial charge < -0.3 is 19.3 Å². The largest absolute Gasteiger partial charge is 0.445 e. The van der Waals surface area contributed by atoms with Crippen molar-refractivity contribution in [1.82, 2.24) is 10.2 Å². The van der Waals surface area contributed by atoms with Crippen LogP contribution in [0, 0.1) is 6.92 Å². The second-order valence-electron chi connectivity index (χ2n) is 7.89. The predicted octanol–water partition coefficient (Wildman–Crippen LogP) is 5.41. The fourth-order valence-corrected chi connectivity index (χ4v) is 5.43. The monoisotopic (exact) mass is 513 g/mol. The summed E-state index contributed by atoms with van der Waals surface area (Å²) in [7, 11) is 0. The van der Waals surface area contributed by atoms with Crippen molar-refractivity contribution in [2.24, 2.45) is 0 Å². The molecule has 3 unspecified atom stereocenters. The summed E-state index contributed by atoms with van der Waals surface area (Å²) in [5.74, 6) is 0.700. The van der Waals surface area contributed by atoms with Gasteiger partial charge >= 0.3 is 6.09 Å². The van der Waals surface area contributed by atoms with E-state index in [9.17, 15) is 9.90 Å². The third-order valence-electron chi connectivity index (χ3n) is 5.25. The predicted molar refractivity (Wildman–Crippen MR) is 135 cm³/mol. The van der Waals surface area contributed by atoms with E-state index in [0.29, 0.717) is 17.9 Å². The Morgan fingerprint density at radius 3 is 2.80 bits per heavy atom. The highest BCUT2D eigenvalue weighted by molar-refractivity contribution is 8.01. The number of hydrogen-bond donors (Lipinski definition) is 2. The molecule has 0 aliphatic carbocycles. The lowest BCUT2D eigenvalue weighted by Gasteiger charge is -2.36. The number of aryl methyl sites for hydroxylation is 1. The molecule has 0 radical (unpaired) electrons. The standard InChI is InChI=1S/C25H27N3O5S2/c1-3-11-31-24(30)26-20-6-4-5-19(12-20)23-32-21(15-34-25-28-27-16(2)35-25)13-22(33-23)18-9-7-17(14-29)8-10-18/h3-10,12,21-23,29H,1,11,13-15H2,2H3,(H,26,30). The number of carbonyl (C=O) groups excluding carboxylic acids is 1. The summed E-state index contributed by atoms with van der Waals surface area (Å²) in [5, 5.41) is 21.3. The van der Waals surface area contributed by atoms with Crippen LogP contribution in [0.1, 0.15) is 40.5 Å². The van der Waals surface area contributed by atoms with Crippen LogP contribution < -0.4 is 5.32 Å². The number of thioether (sulfide) groups is 1. The molecule has 4 rings (SSSR count). The molecule has 3 aromatic rings. The fraction of sp³-hybridized carbons (Fsp3) is 0.320. The van der Waals surface area contributed by atoms with Gasteiger partial charge in [-0.25, -0.2) is 4.79 Å². The maximum absolute atomic E-state index is 11.9. The molecule has 8 nitrogen and oxygen atoms in total. The van der Waals surface area contributed by atoms with E-state index in [1.807, 2.05) is 49.4 Å². The van der Waals surface area contributed by atoms with Crippen LogP contribution in [0.15, 0.2) is 65.5 Å². The second-order valence-corrected chi connectivity index (χ2v) is 10.3. The van der Waals surface area contributed by atoms with Crippen molar-refractivity contribution in [2.45, 2.75) is 42.8 Å². The van der Waals surface area contributed by atoms with Crippen molar-refractivity contribution < 1.29 is 24.1 Å². The van der Waals surface area contributed by atoms with E-state index >= 15 is 0 Å². The van der Waals surface area contributed by atoms with E-state index in [4.69, 9.17) is 14.2 Å². The summed E-state index contributed by atoms with van der Waals surface area (Å²) >= 11 is 3.18. The molecule has 1 fully saturated rings. The number of aromatic nitrogens is 2. The van der Waals surface area contributed by atoms with E-state index in [2.05, 4.69) is 22.1 Å². The third-order valence-corrected chi connectivity index (χ3v) is 7.36. The van der Waals surface area contributed by atoms with Crippen LogP contribution in [-0.2, 0) is 20.8 Å². The third kappa shape index (κ3) is 7.12. The minimum absolute atomic E-state index is 0.00685.